The van der Waals surface area contributed by atoms with E-state index in [1.807, 2.05) is 6.07 Å². The zero-order valence-electron chi connectivity index (χ0n) is 10.6. The second kappa shape index (κ2) is 4.76. The number of nitriles is 1. The van der Waals surface area contributed by atoms with Crippen LogP contribution in [0.3, 0.4) is 0 Å². The molecule has 1 aliphatic rings. The van der Waals surface area contributed by atoms with Crippen LogP contribution in [0.15, 0.2) is 18.2 Å². The highest BCUT2D eigenvalue weighted by atomic mass is 19.4. The molecule has 19 heavy (non-hydrogen) atoms. The topological polar surface area (TPSA) is 35.8 Å². The molecule has 0 heterocycles. The first-order chi connectivity index (χ1) is 8.90. The number of hydrogen-bond acceptors (Lipinski definition) is 2. The number of nitrogens with zero attached hydrogens (tertiary/aromatic N) is 1. The predicted molar refractivity (Wildman–Crippen MR) is 66.6 cm³/mol. The van der Waals surface area contributed by atoms with Crippen molar-refractivity contribution in [2.24, 2.45) is 5.41 Å². The van der Waals surface area contributed by atoms with E-state index in [9.17, 15) is 13.2 Å². The average Bonchev–Trinajstić information content (AvgIpc) is 3.15. The van der Waals surface area contributed by atoms with Crippen molar-refractivity contribution >= 4 is 5.69 Å². The molecular formula is C14H15F3N2. The zero-order valence-corrected chi connectivity index (χ0v) is 10.6. The Hall–Kier alpha value is -1.70. The van der Waals surface area contributed by atoms with Gasteiger partial charge in [-0.05, 0) is 42.9 Å². The minimum atomic E-state index is -4.41. The van der Waals surface area contributed by atoms with Crippen LogP contribution in [0.2, 0.25) is 0 Å². The third-order valence-electron chi connectivity index (χ3n) is 3.83. The van der Waals surface area contributed by atoms with Crippen molar-refractivity contribution in [2.45, 2.75) is 32.4 Å². The molecule has 1 aliphatic carbocycles. The second-order valence-corrected chi connectivity index (χ2v) is 5.08. The van der Waals surface area contributed by atoms with E-state index in [1.165, 1.54) is 6.07 Å². The van der Waals surface area contributed by atoms with Crippen LogP contribution in [0.5, 0.6) is 0 Å². The fraction of sp³-hybridized carbons (Fsp3) is 0.500. The Balaban J connectivity index is 2.15. The van der Waals surface area contributed by atoms with E-state index < -0.39 is 11.7 Å². The molecule has 2 nitrogen and oxygen atoms in total. The Morgan fingerprint density at radius 3 is 2.53 bits per heavy atom. The number of benzene rings is 1. The Kier molecular flexibility index (Phi) is 3.44. The minimum absolute atomic E-state index is 0.0433. The molecule has 1 aromatic carbocycles. The Morgan fingerprint density at radius 2 is 2.05 bits per heavy atom. The monoisotopic (exact) mass is 268 g/mol. The third-order valence-corrected chi connectivity index (χ3v) is 3.83. The normalized spacial score (nSPS) is 16.8. The maximum absolute atomic E-state index is 12.5. The molecule has 0 radical (unpaired) electrons. The van der Waals surface area contributed by atoms with Crippen LogP contribution in [0.4, 0.5) is 18.9 Å². The molecule has 1 N–H and O–H groups in total. The van der Waals surface area contributed by atoms with Gasteiger partial charge in [-0.25, -0.2) is 0 Å². The van der Waals surface area contributed by atoms with Crippen LogP contribution in [-0.4, -0.2) is 6.54 Å². The zero-order chi connectivity index (χ0) is 14.1. The lowest BCUT2D eigenvalue weighted by Crippen LogP contribution is -2.15. The lowest BCUT2D eigenvalue weighted by atomic mass is 10.0. The van der Waals surface area contributed by atoms with Crippen molar-refractivity contribution < 1.29 is 13.2 Å². The highest BCUT2D eigenvalue weighted by Crippen LogP contribution is 2.48. The standard InChI is InChI=1S/C14H15F3N2/c1-2-13(5-6-13)9-19-12-4-3-11(14(15,16)17)7-10(12)8-18/h3-4,7,19H,2,5-6,9H2,1H3. The highest BCUT2D eigenvalue weighted by Gasteiger charge is 2.40. The van der Waals surface area contributed by atoms with E-state index >= 15 is 0 Å². The largest absolute Gasteiger partial charge is 0.416 e. The van der Waals surface area contributed by atoms with Crippen molar-refractivity contribution in [1.82, 2.24) is 0 Å². The molecule has 0 unspecified atom stereocenters. The van der Waals surface area contributed by atoms with E-state index in [0.717, 1.165) is 31.4 Å². The summed E-state index contributed by atoms with van der Waals surface area (Å²) in [5.41, 5.74) is 0.0123. The van der Waals surface area contributed by atoms with Crippen molar-refractivity contribution in [3.63, 3.8) is 0 Å². The highest BCUT2D eigenvalue weighted by molar-refractivity contribution is 5.59. The Labute approximate surface area is 110 Å². The number of hydrogen-bond donors (Lipinski definition) is 1. The van der Waals surface area contributed by atoms with Crippen LogP contribution in [0.25, 0.3) is 0 Å². The van der Waals surface area contributed by atoms with Gasteiger partial charge in [0, 0.05) is 6.54 Å². The molecule has 1 saturated carbocycles. The molecule has 102 valence electrons. The van der Waals surface area contributed by atoms with E-state index in [4.69, 9.17) is 5.26 Å². The van der Waals surface area contributed by atoms with E-state index in [1.54, 1.807) is 0 Å². The number of nitrogens with one attached hydrogen (secondary N) is 1. The molecule has 1 aromatic rings. The van der Waals surface area contributed by atoms with Crippen LogP contribution in [-0.2, 0) is 6.18 Å². The van der Waals surface area contributed by atoms with Gasteiger partial charge in [0.1, 0.15) is 6.07 Å². The average molecular weight is 268 g/mol. The maximum atomic E-state index is 12.5. The predicted octanol–water partition coefficient (Wildman–Crippen LogP) is 4.18. The summed E-state index contributed by atoms with van der Waals surface area (Å²) in [7, 11) is 0. The van der Waals surface area contributed by atoms with Crippen LogP contribution < -0.4 is 5.32 Å². The van der Waals surface area contributed by atoms with Gasteiger partial charge in [-0.3, -0.25) is 0 Å². The first-order valence-electron chi connectivity index (χ1n) is 6.25. The lowest BCUT2D eigenvalue weighted by molar-refractivity contribution is -0.137. The van der Waals surface area contributed by atoms with Gasteiger partial charge in [0.15, 0.2) is 0 Å². The van der Waals surface area contributed by atoms with Gasteiger partial charge in [0.25, 0.3) is 0 Å². The number of anilines is 1. The van der Waals surface area contributed by atoms with Crippen LogP contribution >= 0.6 is 0 Å². The quantitative estimate of drug-likeness (QED) is 0.889. The first-order valence-corrected chi connectivity index (χ1v) is 6.25. The summed E-state index contributed by atoms with van der Waals surface area (Å²) in [6.07, 6.45) is -1.09. The molecule has 0 saturated heterocycles. The molecule has 0 aliphatic heterocycles. The van der Waals surface area contributed by atoms with E-state index in [0.29, 0.717) is 12.2 Å². The molecule has 0 atom stereocenters. The fourth-order valence-electron chi connectivity index (χ4n) is 2.08. The van der Waals surface area contributed by atoms with E-state index in [2.05, 4.69) is 12.2 Å². The van der Waals surface area contributed by atoms with Gasteiger partial charge in [0.2, 0.25) is 0 Å². The molecule has 5 heteroatoms. The van der Waals surface area contributed by atoms with Crippen molar-refractivity contribution in [2.75, 3.05) is 11.9 Å². The van der Waals surface area contributed by atoms with E-state index in [-0.39, 0.29) is 11.0 Å². The lowest BCUT2D eigenvalue weighted by Gasteiger charge is -2.16. The Morgan fingerprint density at radius 1 is 1.37 bits per heavy atom. The summed E-state index contributed by atoms with van der Waals surface area (Å²) in [6, 6.07) is 5.07. The third kappa shape index (κ3) is 3.01. The number of alkyl halides is 3. The number of halogens is 3. The fourth-order valence-corrected chi connectivity index (χ4v) is 2.08. The minimum Gasteiger partial charge on any atom is -0.383 e. The SMILES string of the molecule is CCC1(CNc2ccc(C(F)(F)F)cc2C#N)CC1. The van der Waals surface area contributed by atoms with Crippen molar-refractivity contribution in [1.29, 1.82) is 5.26 Å². The molecule has 0 aromatic heterocycles. The first kappa shape index (κ1) is 13.7. The van der Waals surface area contributed by atoms with Gasteiger partial charge in [-0.15, -0.1) is 0 Å². The Bertz CT molecular complexity index is 510. The molecule has 0 amide bonds. The summed E-state index contributed by atoms with van der Waals surface area (Å²) in [6.45, 7) is 2.82. The molecule has 1 fully saturated rings. The molecule has 0 bridgehead atoms. The number of rotatable bonds is 4. The summed E-state index contributed by atoms with van der Waals surface area (Å²) in [4.78, 5) is 0. The van der Waals surface area contributed by atoms with Gasteiger partial charge in [-0.1, -0.05) is 6.92 Å². The smallest absolute Gasteiger partial charge is 0.383 e. The van der Waals surface area contributed by atoms with Crippen LogP contribution in [0.1, 0.15) is 37.3 Å². The van der Waals surface area contributed by atoms with Crippen LogP contribution in [0, 0.1) is 16.7 Å². The molecule has 0 spiro atoms. The summed E-state index contributed by atoms with van der Waals surface area (Å²) in [5.74, 6) is 0. The summed E-state index contributed by atoms with van der Waals surface area (Å²) < 4.78 is 37.6. The van der Waals surface area contributed by atoms with Gasteiger partial charge < -0.3 is 5.32 Å². The maximum Gasteiger partial charge on any atom is 0.416 e. The summed E-state index contributed by atoms with van der Waals surface area (Å²) in [5, 5.41) is 12.1. The van der Waals surface area contributed by atoms with Gasteiger partial charge in [-0.2, -0.15) is 18.4 Å². The van der Waals surface area contributed by atoms with Gasteiger partial charge >= 0.3 is 6.18 Å². The summed E-state index contributed by atoms with van der Waals surface area (Å²) >= 11 is 0. The van der Waals surface area contributed by atoms with Crippen molar-refractivity contribution in [3.8, 4) is 6.07 Å². The molecule has 2 rings (SSSR count). The second-order valence-electron chi connectivity index (χ2n) is 5.08. The molecular weight excluding hydrogens is 253 g/mol. The van der Waals surface area contributed by atoms with Gasteiger partial charge in [0.05, 0.1) is 16.8 Å². The van der Waals surface area contributed by atoms with Crippen molar-refractivity contribution in [3.05, 3.63) is 29.3 Å².